The third kappa shape index (κ3) is 10.0. The van der Waals surface area contributed by atoms with Gasteiger partial charge < -0.3 is 150 Å². The Labute approximate surface area is 373 Å². The second-order valence-corrected chi connectivity index (χ2v) is 17.0. The van der Waals surface area contributed by atoms with Gasteiger partial charge in [0.25, 0.3) is 0 Å². The second-order valence-electron chi connectivity index (χ2n) is 17.0. The molecule has 22 rings (SSSR count). The van der Waals surface area contributed by atoms with Gasteiger partial charge >= 0.3 is 0 Å². The van der Waals surface area contributed by atoms with E-state index in [-0.39, 0.29) is 0 Å². The van der Waals surface area contributed by atoms with E-state index in [1.807, 2.05) is 0 Å². The summed E-state index contributed by atoms with van der Waals surface area (Å²) < 4.78 is 68.7. The highest BCUT2D eigenvalue weighted by atomic mass is 16.8. The Bertz CT molecular complexity index is 1240. The first-order valence-electron chi connectivity index (χ1n) is 21.3. The predicted molar refractivity (Wildman–Crippen MR) is 200 cm³/mol. The van der Waals surface area contributed by atoms with Crippen LogP contribution in [0.25, 0.3) is 0 Å². The number of aliphatic hydroxyl groups is 16. The van der Waals surface area contributed by atoms with Crippen molar-refractivity contribution in [1.29, 1.82) is 0 Å². The normalized spacial score (nSPS) is 55.4. The van der Waals surface area contributed by atoms with Gasteiger partial charge in [-0.3, -0.25) is 0 Å². The molecule has 0 spiro atoms. The lowest BCUT2D eigenvalue weighted by molar-refractivity contribution is -0.402. The molecule has 22 aliphatic heterocycles. The number of ether oxygens (including phenoxy) is 12. The van der Waals surface area contributed by atoms with E-state index < -0.39 is 224 Å². The van der Waals surface area contributed by atoms with Crippen molar-refractivity contribution < 1.29 is 139 Å². The molecule has 66 heavy (non-hydrogen) atoms. The lowest BCUT2D eigenvalue weighted by atomic mass is 9.94. The first-order valence-corrected chi connectivity index (χ1v) is 21.3. The fraction of sp³-hybridized carbons (Fsp3) is 1.00. The van der Waals surface area contributed by atoms with Crippen molar-refractivity contribution in [2.45, 2.75) is 184 Å². The van der Waals surface area contributed by atoms with Crippen LogP contribution in [0.1, 0.15) is 0 Å². The van der Waals surface area contributed by atoms with Crippen LogP contribution < -0.4 is 11.5 Å². The molecule has 30 nitrogen and oxygen atoms in total. The Morgan fingerprint density at radius 3 is 0.530 bits per heavy atom. The lowest BCUT2D eigenvalue weighted by Gasteiger charge is -2.50. The van der Waals surface area contributed by atoms with Crippen molar-refractivity contribution in [1.82, 2.24) is 0 Å². The van der Waals surface area contributed by atoms with E-state index in [4.69, 9.17) is 68.3 Å². The van der Waals surface area contributed by atoms with Crippen molar-refractivity contribution in [3.63, 3.8) is 0 Å². The summed E-state index contributed by atoms with van der Waals surface area (Å²) in [5.74, 6) is 0. The highest BCUT2D eigenvalue weighted by Gasteiger charge is 2.58. The maximum Gasteiger partial charge on any atom is 0.187 e. The zero-order valence-corrected chi connectivity index (χ0v) is 34.8. The second kappa shape index (κ2) is 22.1. The molecule has 20 N–H and O–H groups in total. The molecular weight excluding hydrogens is 908 g/mol. The van der Waals surface area contributed by atoms with Gasteiger partial charge in [0.15, 0.2) is 37.7 Å². The van der Waals surface area contributed by atoms with Crippen LogP contribution in [-0.2, 0) is 56.8 Å². The molecule has 22 heterocycles. The number of nitrogens with two attached hydrogens (primary N) is 2. The van der Waals surface area contributed by atoms with Crippen LogP contribution in [0, 0.1) is 0 Å². The molecule has 0 aromatic heterocycles. The smallest absolute Gasteiger partial charge is 0.187 e. The number of hydrogen-bond acceptors (Lipinski definition) is 30. The largest absolute Gasteiger partial charge is 0.394 e. The Hall–Kier alpha value is -1.20. The predicted octanol–water partition coefficient (Wildman–Crippen LogP) is -13.1. The molecule has 0 radical (unpaired) electrons. The van der Waals surface area contributed by atoms with Gasteiger partial charge in [0.05, 0.1) is 26.4 Å². The van der Waals surface area contributed by atoms with Gasteiger partial charge in [-0.1, -0.05) is 0 Å². The fourth-order valence-electron chi connectivity index (χ4n) is 9.01. The minimum Gasteiger partial charge on any atom is -0.394 e. The van der Waals surface area contributed by atoms with Gasteiger partial charge in [-0.2, -0.15) is 0 Å². The van der Waals surface area contributed by atoms with E-state index in [2.05, 4.69) is 0 Å². The Morgan fingerprint density at radius 1 is 0.227 bits per heavy atom. The molecule has 0 aromatic carbocycles. The van der Waals surface area contributed by atoms with Gasteiger partial charge in [-0.15, -0.1) is 0 Å². The van der Waals surface area contributed by atoms with Crippen molar-refractivity contribution in [3.8, 4) is 0 Å². The Morgan fingerprint density at radius 2 is 0.379 bits per heavy atom. The Kier molecular flexibility index (Phi) is 17.6. The average molecular weight is 971 g/mol. The summed E-state index contributed by atoms with van der Waals surface area (Å²) in [6.07, 6.45) is -56.4. The van der Waals surface area contributed by atoms with Crippen molar-refractivity contribution in [2.24, 2.45) is 11.5 Å². The molecule has 0 amide bonds. The van der Waals surface area contributed by atoms with E-state index in [0.29, 0.717) is 0 Å². The third-order valence-electron chi connectivity index (χ3n) is 12.8. The quantitative estimate of drug-likeness (QED) is 0.117. The van der Waals surface area contributed by atoms with Gasteiger partial charge in [-0.25, -0.2) is 0 Å². The summed E-state index contributed by atoms with van der Waals surface area (Å²) in [4.78, 5) is 0. The van der Waals surface area contributed by atoms with E-state index in [1.54, 1.807) is 0 Å². The summed E-state index contributed by atoms with van der Waals surface area (Å²) in [6.45, 7) is -4.84. The number of hydrogen-bond donors (Lipinski definition) is 18. The lowest BCUT2D eigenvalue weighted by Crippen LogP contribution is -2.69. The summed E-state index contributed by atoms with van der Waals surface area (Å²) in [6, 6.07) is 0. The summed E-state index contributed by atoms with van der Waals surface area (Å²) >= 11 is 0. The standard InChI is InChI=1S/C36H62N2O28/c37-1-7-25-14(44)20(50)32(56-7)63-27-9(3-39)58-34(22(52)16(27)46)65-29-11(5-41)60-36(24(54)18(29)48)66-30-12(6-42)59-35(23(53)17(30)47)64-28-10(4-40)57-33(21(51)15(28)45)62-26-8(2-38)55-31(61-25)19(49)13(26)43/h7-36,39-54H,1-6,37-38H2/t7-,8-,9-,10-,11-,12-,13-,14-,15-,16-,17-,18-,19-,20-,21-,22-,23-,24-,25-,26-,27-,28-,29-,30-,31-,32-,33-,34-,35-,36-/m1/s1. The number of rotatable bonds is 6. The maximum absolute atomic E-state index is 11.3. The minimum atomic E-state index is -2.13. The van der Waals surface area contributed by atoms with Crippen LogP contribution in [0.4, 0.5) is 0 Å². The molecule has 12 bridgehead atoms. The van der Waals surface area contributed by atoms with Crippen LogP contribution in [0.5, 0.6) is 0 Å². The third-order valence-corrected chi connectivity index (χ3v) is 12.8. The van der Waals surface area contributed by atoms with E-state index in [0.717, 1.165) is 0 Å². The SMILES string of the molecule is NC[C@H]1O[C@@H]2O[C@H]3[C@H](O)[C@@H](O)[C@@H](O[C@H]4[C@H](O)[C@@H](O)[C@@H](O[C@H]5[C@H](O)[C@@H](O)[C@@H](O[C@H]6[C@H](O)[C@@H](O)[C@@H](O[C@H]7[C@H](O)[C@@H](O)[C@@H](O[C@H]1[C@H](O)[C@H]2O)O[C@@H]7CN)O[C@@H]6CO)O[C@@H]5CO)O[C@@H]4CO)O[C@@H]3CO. The van der Waals surface area contributed by atoms with E-state index >= 15 is 0 Å². The van der Waals surface area contributed by atoms with Gasteiger partial charge in [0, 0.05) is 13.1 Å². The highest BCUT2D eigenvalue weighted by Crippen LogP contribution is 2.38. The molecule has 22 aliphatic rings. The summed E-state index contributed by atoms with van der Waals surface area (Å²) in [5, 5.41) is 176. The molecule has 0 unspecified atom stereocenters. The van der Waals surface area contributed by atoms with Crippen LogP contribution in [-0.4, -0.2) is 305 Å². The highest BCUT2D eigenvalue weighted by molar-refractivity contribution is 5.01. The molecule has 0 saturated carbocycles. The molecular formula is C36H62N2O28. The first-order chi connectivity index (χ1) is 31.4. The molecule has 0 aliphatic carbocycles. The molecule has 384 valence electrons. The van der Waals surface area contributed by atoms with Gasteiger partial charge in [0.2, 0.25) is 0 Å². The maximum atomic E-state index is 11.3. The minimum absolute atomic E-state index is 0.474. The van der Waals surface area contributed by atoms with E-state index in [1.165, 1.54) is 0 Å². The zero-order valence-electron chi connectivity index (χ0n) is 34.8. The van der Waals surface area contributed by atoms with Gasteiger partial charge in [-0.05, 0) is 0 Å². The van der Waals surface area contributed by atoms with Crippen molar-refractivity contribution in [2.75, 3.05) is 39.5 Å². The Balaban J connectivity index is 1.19. The molecule has 30 atom stereocenters. The van der Waals surface area contributed by atoms with Crippen LogP contribution in [0.2, 0.25) is 0 Å². The molecule has 30 heteroatoms. The summed E-state index contributed by atoms with van der Waals surface area (Å²) in [5.41, 5.74) is 11.9. The first kappa shape index (κ1) is 52.6. The zero-order chi connectivity index (χ0) is 48.0. The van der Waals surface area contributed by atoms with Crippen LogP contribution >= 0.6 is 0 Å². The van der Waals surface area contributed by atoms with Crippen molar-refractivity contribution in [3.05, 3.63) is 0 Å². The fourth-order valence-corrected chi connectivity index (χ4v) is 9.01. The monoisotopic (exact) mass is 970 g/mol. The topological polar surface area (TPSA) is 486 Å². The molecule has 22 saturated heterocycles. The van der Waals surface area contributed by atoms with E-state index in [9.17, 15) is 81.7 Å². The van der Waals surface area contributed by atoms with Crippen LogP contribution in [0.15, 0.2) is 0 Å². The van der Waals surface area contributed by atoms with Crippen molar-refractivity contribution >= 4 is 0 Å². The molecule has 0 aromatic rings. The average Bonchev–Trinajstić information content (AvgIpc) is 3.31. The molecule has 22 fully saturated rings. The number of aliphatic hydroxyl groups excluding tert-OH is 16. The van der Waals surface area contributed by atoms with Crippen LogP contribution in [0.3, 0.4) is 0 Å². The van der Waals surface area contributed by atoms with Gasteiger partial charge in [0.1, 0.15) is 146 Å². The summed E-state index contributed by atoms with van der Waals surface area (Å²) in [7, 11) is 0.